The van der Waals surface area contributed by atoms with Crippen LogP contribution >= 0.6 is 23.2 Å². The molecule has 1 heterocycles. The number of rotatable bonds is 10. The molecule has 43 heavy (non-hydrogen) atoms. The first-order chi connectivity index (χ1) is 20.9. The lowest BCUT2D eigenvalue weighted by Gasteiger charge is -2.27. The maximum Gasteiger partial charge on any atom is 0.343 e. The zero-order valence-electron chi connectivity index (χ0n) is 23.3. The number of nitriles is 1. The van der Waals surface area contributed by atoms with E-state index < -0.39 is 11.9 Å². The number of halogens is 2. The Morgan fingerprint density at radius 1 is 0.953 bits per heavy atom. The molecular formula is C34H28Cl2N2O5. The molecule has 4 aromatic rings. The Kier molecular flexibility index (Phi) is 9.41. The number of esters is 1. The minimum atomic E-state index is -0.528. The number of unbranched alkanes of at least 4 members (excludes halogenated alkanes) is 1. The van der Waals surface area contributed by atoms with Crippen molar-refractivity contribution >= 4 is 29.2 Å². The Morgan fingerprint density at radius 2 is 1.74 bits per heavy atom. The number of benzene rings is 4. The van der Waals surface area contributed by atoms with E-state index in [2.05, 4.69) is 13.0 Å². The Balaban J connectivity index is 1.35. The largest absolute Gasteiger partial charge is 0.494 e. The first-order valence-corrected chi connectivity index (χ1v) is 14.4. The van der Waals surface area contributed by atoms with Gasteiger partial charge in [0.25, 0.3) is 0 Å². The number of hydrogen-bond donors (Lipinski definition) is 1. The van der Waals surface area contributed by atoms with Crippen molar-refractivity contribution in [2.75, 3.05) is 6.61 Å². The maximum atomic E-state index is 12.8. The maximum absolute atomic E-state index is 12.8. The highest BCUT2D eigenvalue weighted by atomic mass is 35.5. The van der Waals surface area contributed by atoms with Gasteiger partial charge in [0.1, 0.15) is 41.2 Å². The van der Waals surface area contributed by atoms with Crippen LogP contribution in [0.2, 0.25) is 10.0 Å². The Labute approximate surface area is 260 Å². The molecule has 4 aromatic carbocycles. The summed E-state index contributed by atoms with van der Waals surface area (Å²) in [4.78, 5) is 12.8. The fourth-order valence-electron chi connectivity index (χ4n) is 4.61. The molecule has 0 fully saturated rings. The Hall–Kier alpha value is -4.64. The fourth-order valence-corrected chi connectivity index (χ4v) is 5.08. The number of carbonyl (C=O) groups excluding carboxylic acids is 1. The highest BCUT2D eigenvalue weighted by Crippen LogP contribution is 2.44. The lowest BCUT2D eigenvalue weighted by atomic mass is 9.83. The van der Waals surface area contributed by atoms with Crippen molar-refractivity contribution in [1.82, 2.24) is 0 Å². The molecule has 1 atom stereocenters. The highest BCUT2D eigenvalue weighted by Gasteiger charge is 2.31. The Morgan fingerprint density at radius 3 is 2.49 bits per heavy atom. The van der Waals surface area contributed by atoms with Gasteiger partial charge >= 0.3 is 5.97 Å². The molecule has 218 valence electrons. The number of nitrogens with zero attached hydrogens (tertiary/aromatic N) is 1. The summed E-state index contributed by atoms with van der Waals surface area (Å²) in [5, 5.41) is 11.0. The average molecular weight is 616 g/mol. The smallest absolute Gasteiger partial charge is 0.343 e. The molecule has 1 aliphatic rings. The van der Waals surface area contributed by atoms with Gasteiger partial charge in [0.05, 0.1) is 18.1 Å². The molecule has 0 spiro atoms. The second kappa shape index (κ2) is 13.6. The van der Waals surface area contributed by atoms with Gasteiger partial charge in [-0.05, 0) is 66.6 Å². The van der Waals surface area contributed by atoms with Crippen LogP contribution in [-0.2, 0) is 6.61 Å². The molecular weight excluding hydrogens is 587 g/mol. The molecule has 7 nitrogen and oxygen atoms in total. The molecule has 0 bridgehead atoms. The predicted octanol–water partition coefficient (Wildman–Crippen LogP) is 8.19. The molecule has 0 aromatic heterocycles. The van der Waals surface area contributed by atoms with Crippen LogP contribution in [0.5, 0.6) is 23.0 Å². The number of hydrogen-bond acceptors (Lipinski definition) is 7. The summed E-state index contributed by atoms with van der Waals surface area (Å²) in [5.74, 6) is 0.848. The third-order valence-electron chi connectivity index (χ3n) is 6.86. The summed E-state index contributed by atoms with van der Waals surface area (Å²) in [6.45, 7) is 2.95. The van der Waals surface area contributed by atoms with Gasteiger partial charge in [-0.3, -0.25) is 0 Å². The summed E-state index contributed by atoms with van der Waals surface area (Å²) >= 11 is 12.3. The van der Waals surface area contributed by atoms with Crippen molar-refractivity contribution in [1.29, 1.82) is 5.26 Å². The van der Waals surface area contributed by atoms with Crippen LogP contribution in [0.25, 0.3) is 0 Å². The standard InChI is InChI=1S/C34H28Cl2N2O5/c1-2-3-15-40-25-11-8-21(9-12-25)34(39)42-27-13-14-28-31(18-27)43-33(38)29(19-37)32(28)22-5-4-6-26(16-22)41-20-23-7-10-24(35)17-30(23)36/h4-14,16-18,32H,2-3,15,20,38H2,1H3. The van der Waals surface area contributed by atoms with E-state index in [4.69, 9.17) is 47.9 Å². The van der Waals surface area contributed by atoms with Gasteiger partial charge in [-0.1, -0.05) is 60.8 Å². The van der Waals surface area contributed by atoms with Gasteiger partial charge < -0.3 is 24.7 Å². The summed E-state index contributed by atoms with van der Waals surface area (Å²) in [6, 6.07) is 26.6. The zero-order valence-corrected chi connectivity index (χ0v) is 24.8. The second-order valence-corrected chi connectivity index (χ2v) is 10.7. The van der Waals surface area contributed by atoms with Crippen molar-refractivity contribution in [3.05, 3.63) is 129 Å². The van der Waals surface area contributed by atoms with Crippen molar-refractivity contribution in [2.24, 2.45) is 5.73 Å². The molecule has 5 rings (SSSR count). The van der Waals surface area contributed by atoms with Gasteiger partial charge in [-0.2, -0.15) is 5.26 Å². The van der Waals surface area contributed by atoms with E-state index in [-0.39, 0.29) is 23.8 Å². The first-order valence-electron chi connectivity index (χ1n) is 13.7. The van der Waals surface area contributed by atoms with Crippen LogP contribution < -0.4 is 24.7 Å². The normalized spacial score (nSPS) is 13.9. The number of ether oxygens (including phenoxy) is 4. The van der Waals surface area contributed by atoms with Gasteiger partial charge in [0.15, 0.2) is 0 Å². The lowest BCUT2D eigenvalue weighted by Crippen LogP contribution is -2.21. The molecule has 0 saturated heterocycles. The van der Waals surface area contributed by atoms with Gasteiger partial charge in [0.2, 0.25) is 5.88 Å². The number of allylic oxidation sites excluding steroid dienone is 1. The molecule has 1 aliphatic heterocycles. The molecule has 0 radical (unpaired) electrons. The van der Waals surface area contributed by atoms with E-state index in [1.165, 1.54) is 0 Å². The van der Waals surface area contributed by atoms with Crippen LogP contribution in [0.3, 0.4) is 0 Å². The van der Waals surface area contributed by atoms with Crippen LogP contribution in [0.15, 0.2) is 96.4 Å². The molecule has 0 amide bonds. The topological polar surface area (TPSA) is 104 Å². The van der Waals surface area contributed by atoms with Crippen molar-refractivity contribution in [3.8, 4) is 29.1 Å². The summed E-state index contributed by atoms with van der Waals surface area (Å²) in [5.41, 5.74) is 9.08. The number of nitrogens with two attached hydrogens (primary N) is 1. The summed E-state index contributed by atoms with van der Waals surface area (Å²) in [6.07, 6.45) is 2.00. The first kappa shape index (κ1) is 29.8. The van der Waals surface area contributed by atoms with Gasteiger partial charge in [0, 0.05) is 27.2 Å². The highest BCUT2D eigenvalue weighted by molar-refractivity contribution is 6.35. The van der Waals surface area contributed by atoms with E-state index >= 15 is 0 Å². The zero-order chi connectivity index (χ0) is 30.3. The predicted molar refractivity (Wildman–Crippen MR) is 165 cm³/mol. The van der Waals surface area contributed by atoms with Gasteiger partial charge in [-0.25, -0.2) is 4.79 Å². The molecule has 1 unspecified atom stereocenters. The number of carbonyl (C=O) groups is 1. The van der Waals surface area contributed by atoms with Crippen LogP contribution in [0, 0.1) is 11.3 Å². The van der Waals surface area contributed by atoms with E-state index in [1.807, 2.05) is 30.3 Å². The lowest BCUT2D eigenvalue weighted by molar-refractivity contribution is 0.0734. The molecule has 9 heteroatoms. The van der Waals surface area contributed by atoms with Crippen molar-refractivity contribution < 1.29 is 23.7 Å². The van der Waals surface area contributed by atoms with Crippen LogP contribution in [0.4, 0.5) is 0 Å². The number of fused-ring (bicyclic) bond motifs is 1. The Bertz CT molecular complexity index is 1710. The van der Waals surface area contributed by atoms with E-state index in [9.17, 15) is 10.1 Å². The van der Waals surface area contributed by atoms with E-state index in [0.29, 0.717) is 45.0 Å². The van der Waals surface area contributed by atoms with Gasteiger partial charge in [-0.15, -0.1) is 0 Å². The third kappa shape index (κ3) is 7.06. The minimum Gasteiger partial charge on any atom is -0.494 e. The van der Waals surface area contributed by atoms with E-state index in [1.54, 1.807) is 54.6 Å². The molecule has 0 saturated carbocycles. The summed E-state index contributed by atoms with van der Waals surface area (Å²) < 4.78 is 23.1. The summed E-state index contributed by atoms with van der Waals surface area (Å²) in [7, 11) is 0. The molecule has 0 aliphatic carbocycles. The average Bonchev–Trinajstić information content (AvgIpc) is 3.00. The minimum absolute atomic E-state index is 0.0265. The second-order valence-electron chi connectivity index (χ2n) is 9.84. The fraction of sp³-hybridized carbons (Fsp3) is 0.176. The van der Waals surface area contributed by atoms with E-state index in [0.717, 1.165) is 24.0 Å². The van der Waals surface area contributed by atoms with Crippen molar-refractivity contribution in [3.63, 3.8) is 0 Å². The third-order valence-corrected chi connectivity index (χ3v) is 7.45. The quantitative estimate of drug-likeness (QED) is 0.109. The monoisotopic (exact) mass is 614 g/mol. The SMILES string of the molecule is CCCCOc1ccc(C(=O)Oc2ccc3c(c2)OC(N)=C(C#N)C3c2cccc(OCc3ccc(Cl)cc3Cl)c2)cc1. The van der Waals surface area contributed by atoms with Crippen molar-refractivity contribution in [2.45, 2.75) is 32.3 Å². The molecule has 2 N–H and O–H groups in total. The van der Waals surface area contributed by atoms with Crippen LogP contribution in [0.1, 0.15) is 52.7 Å². The van der Waals surface area contributed by atoms with Crippen LogP contribution in [-0.4, -0.2) is 12.6 Å².